The number of aliphatic imine (C=N–C) groups is 1. The lowest BCUT2D eigenvalue weighted by Gasteiger charge is -2.25. The summed E-state index contributed by atoms with van der Waals surface area (Å²) in [6, 6.07) is 16.6. The van der Waals surface area contributed by atoms with Crippen molar-refractivity contribution in [2.45, 2.75) is 26.7 Å². The van der Waals surface area contributed by atoms with Crippen molar-refractivity contribution in [1.29, 1.82) is 0 Å². The number of nitrogens with zero attached hydrogens (tertiary/aromatic N) is 2. The second-order valence-corrected chi connectivity index (χ2v) is 6.87. The number of hydrogen-bond acceptors (Lipinski definition) is 2. The highest BCUT2D eigenvalue weighted by atomic mass is 16.2. The molecule has 3 aromatic rings. The average molecular weight is 326 g/mol. The van der Waals surface area contributed by atoms with Crippen LogP contribution in [0.2, 0.25) is 0 Å². The molecule has 3 heteroatoms. The predicted molar refractivity (Wildman–Crippen MR) is 102 cm³/mol. The molecule has 0 radical (unpaired) electrons. The third-order valence-corrected chi connectivity index (χ3v) is 5.06. The summed E-state index contributed by atoms with van der Waals surface area (Å²) in [5.41, 5.74) is 5.99. The largest absolute Gasteiger partial charge is 0.268 e. The SMILES string of the molecule is CCCc1cc2c3c(cccc3c1)N1C(=O)c3cc(C)ccc3C1=N2. The topological polar surface area (TPSA) is 32.7 Å². The van der Waals surface area contributed by atoms with Crippen molar-refractivity contribution in [2.75, 3.05) is 4.90 Å². The first-order valence-electron chi connectivity index (χ1n) is 8.77. The van der Waals surface area contributed by atoms with Crippen molar-refractivity contribution in [3.63, 3.8) is 0 Å². The minimum Gasteiger partial charge on any atom is -0.268 e. The van der Waals surface area contributed by atoms with E-state index in [1.54, 1.807) is 4.90 Å². The summed E-state index contributed by atoms with van der Waals surface area (Å²) in [5.74, 6) is 0.780. The Bertz CT molecular complexity index is 1090. The number of benzene rings is 3. The fourth-order valence-electron chi connectivity index (χ4n) is 3.97. The number of amidine groups is 1. The molecule has 2 aliphatic rings. The van der Waals surface area contributed by atoms with E-state index in [2.05, 4.69) is 25.1 Å². The molecule has 0 bridgehead atoms. The highest BCUT2D eigenvalue weighted by molar-refractivity contribution is 6.40. The van der Waals surface area contributed by atoms with Gasteiger partial charge >= 0.3 is 0 Å². The van der Waals surface area contributed by atoms with Gasteiger partial charge < -0.3 is 0 Å². The van der Waals surface area contributed by atoms with Crippen LogP contribution in [0.4, 0.5) is 11.4 Å². The van der Waals surface area contributed by atoms with Crippen molar-refractivity contribution in [1.82, 2.24) is 0 Å². The summed E-state index contributed by atoms with van der Waals surface area (Å²) in [4.78, 5) is 19.7. The maximum absolute atomic E-state index is 13.0. The molecular formula is C22H18N2O. The van der Waals surface area contributed by atoms with Crippen LogP contribution in [-0.4, -0.2) is 11.7 Å². The second kappa shape index (κ2) is 5.03. The zero-order chi connectivity index (χ0) is 17.1. The lowest BCUT2D eigenvalue weighted by Crippen LogP contribution is -2.31. The van der Waals surface area contributed by atoms with Gasteiger partial charge in [0.05, 0.1) is 16.9 Å². The molecule has 2 aliphatic heterocycles. The number of hydrogen-bond donors (Lipinski definition) is 0. The van der Waals surface area contributed by atoms with E-state index < -0.39 is 0 Å². The maximum Gasteiger partial charge on any atom is 0.264 e. The molecule has 0 fully saturated rings. The van der Waals surface area contributed by atoms with E-state index in [-0.39, 0.29) is 5.91 Å². The van der Waals surface area contributed by atoms with Gasteiger partial charge in [0.15, 0.2) is 0 Å². The van der Waals surface area contributed by atoms with Crippen LogP contribution in [0, 0.1) is 6.92 Å². The van der Waals surface area contributed by atoms with Gasteiger partial charge in [-0.05, 0) is 42.5 Å². The van der Waals surface area contributed by atoms with Gasteiger partial charge in [-0.2, -0.15) is 0 Å². The van der Waals surface area contributed by atoms with Gasteiger partial charge in [0.2, 0.25) is 0 Å². The van der Waals surface area contributed by atoms with Crippen molar-refractivity contribution in [3.05, 3.63) is 70.8 Å². The molecule has 3 aromatic carbocycles. The van der Waals surface area contributed by atoms with Crippen molar-refractivity contribution >= 4 is 33.9 Å². The Hall–Kier alpha value is -2.94. The quantitative estimate of drug-likeness (QED) is 0.641. The van der Waals surface area contributed by atoms with Gasteiger partial charge in [0.25, 0.3) is 5.91 Å². The molecule has 5 rings (SSSR count). The van der Waals surface area contributed by atoms with Crippen LogP contribution in [0.5, 0.6) is 0 Å². The Morgan fingerprint density at radius 2 is 1.92 bits per heavy atom. The van der Waals surface area contributed by atoms with E-state index in [9.17, 15) is 4.79 Å². The summed E-state index contributed by atoms with van der Waals surface area (Å²) in [5, 5.41) is 2.23. The number of anilines is 1. The monoisotopic (exact) mass is 326 g/mol. The van der Waals surface area contributed by atoms with Gasteiger partial charge in [-0.1, -0.05) is 49.2 Å². The van der Waals surface area contributed by atoms with Crippen molar-refractivity contribution in [3.8, 4) is 0 Å². The first-order valence-corrected chi connectivity index (χ1v) is 8.77. The summed E-state index contributed by atoms with van der Waals surface area (Å²) in [7, 11) is 0. The Balaban J connectivity index is 1.82. The molecule has 0 atom stereocenters. The number of aryl methyl sites for hydroxylation is 2. The summed E-state index contributed by atoms with van der Waals surface area (Å²) in [6.07, 6.45) is 2.14. The van der Waals surface area contributed by atoms with Crippen molar-refractivity contribution in [2.24, 2.45) is 4.99 Å². The fourth-order valence-corrected chi connectivity index (χ4v) is 3.97. The van der Waals surface area contributed by atoms with Gasteiger partial charge in [-0.25, -0.2) is 4.99 Å². The van der Waals surface area contributed by atoms with E-state index in [0.29, 0.717) is 0 Å². The standard InChI is InChI=1S/C22H18N2O/c1-3-5-14-11-15-6-4-7-19-20(15)18(12-14)23-21-16-9-8-13(2)10-17(16)22(25)24(19)21/h4,6-12H,3,5H2,1-2H3. The van der Waals surface area contributed by atoms with E-state index in [1.165, 1.54) is 5.56 Å². The Labute approximate surface area is 146 Å². The summed E-state index contributed by atoms with van der Waals surface area (Å²) >= 11 is 0. The first-order chi connectivity index (χ1) is 12.2. The second-order valence-electron chi connectivity index (χ2n) is 6.87. The third kappa shape index (κ3) is 1.92. The van der Waals surface area contributed by atoms with Crippen LogP contribution in [0.1, 0.15) is 40.4 Å². The summed E-state index contributed by atoms with van der Waals surface area (Å²) in [6.45, 7) is 4.20. The minimum atomic E-state index is 0.0215. The summed E-state index contributed by atoms with van der Waals surface area (Å²) < 4.78 is 0. The molecule has 1 amide bonds. The Kier molecular flexibility index (Phi) is 2.90. The lowest BCUT2D eigenvalue weighted by atomic mass is 9.99. The average Bonchev–Trinajstić information content (AvgIpc) is 2.87. The highest BCUT2D eigenvalue weighted by Crippen LogP contribution is 2.43. The van der Waals surface area contributed by atoms with E-state index in [1.807, 2.05) is 37.3 Å². The molecule has 0 aliphatic carbocycles. The van der Waals surface area contributed by atoms with Crippen LogP contribution in [0.3, 0.4) is 0 Å². The minimum absolute atomic E-state index is 0.0215. The third-order valence-electron chi connectivity index (χ3n) is 5.06. The van der Waals surface area contributed by atoms with Gasteiger partial charge in [-0.15, -0.1) is 0 Å². The lowest BCUT2D eigenvalue weighted by molar-refractivity contribution is 0.101. The molecule has 0 unspecified atom stereocenters. The van der Waals surface area contributed by atoms with Crippen molar-refractivity contribution < 1.29 is 4.79 Å². The van der Waals surface area contributed by atoms with E-state index in [0.717, 1.165) is 57.5 Å². The zero-order valence-corrected chi connectivity index (χ0v) is 14.3. The Morgan fingerprint density at radius 3 is 2.76 bits per heavy atom. The van der Waals surface area contributed by atoms with Crippen LogP contribution in [0.15, 0.2) is 53.5 Å². The molecule has 122 valence electrons. The molecule has 0 aromatic heterocycles. The number of rotatable bonds is 2. The molecule has 3 nitrogen and oxygen atoms in total. The van der Waals surface area contributed by atoms with Gasteiger partial charge in [0, 0.05) is 10.9 Å². The molecule has 2 heterocycles. The van der Waals surface area contributed by atoms with E-state index in [4.69, 9.17) is 4.99 Å². The number of carbonyl (C=O) groups excluding carboxylic acids is 1. The molecule has 25 heavy (non-hydrogen) atoms. The van der Waals surface area contributed by atoms with Crippen LogP contribution >= 0.6 is 0 Å². The fraction of sp³-hybridized carbons (Fsp3) is 0.182. The van der Waals surface area contributed by atoms with E-state index >= 15 is 0 Å². The van der Waals surface area contributed by atoms with Crippen LogP contribution < -0.4 is 4.90 Å². The molecular weight excluding hydrogens is 308 g/mol. The van der Waals surface area contributed by atoms with Crippen LogP contribution in [0.25, 0.3) is 10.8 Å². The van der Waals surface area contributed by atoms with Gasteiger partial charge in [-0.3, -0.25) is 9.69 Å². The number of carbonyl (C=O) groups is 1. The van der Waals surface area contributed by atoms with Crippen LogP contribution in [-0.2, 0) is 6.42 Å². The smallest absolute Gasteiger partial charge is 0.264 e. The normalized spacial score (nSPS) is 14.6. The maximum atomic E-state index is 13.0. The first kappa shape index (κ1) is 14.4. The highest BCUT2D eigenvalue weighted by Gasteiger charge is 2.38. The molecule has 0 spiro atoms. The predicted octanol–water partition coefficient (Wildman–Crippen LogP) is 5.15. The Morgan fingerprint density at radius 1 is 1.04 bits per heavy atom. The number of amides is 1. The zero-order valence-electron chi connectivity index (χ0n) is 14.3. The van der Waals surface area contributed by atoms with Gasteiger partial charge in [0.1, 0.15) is 5.84 Å². The molecule has 0 saturated heterocycles. The molecule has 0 saturated carbocycles. The molecule has 0 N–H and O–H groups in total. The number of fused-ring (bicyclic) bond motifs is 4.